The van der Waals surface area contributed by atoms with E-state index in [2.05, 4.69) is 17.1 Å². The van der Waals surface area contributed by atoms with Crippen molar-refractivity contribution in [1.29, 1.82) is 0 Å². The van der Waals surface area contributed by atoms with Gasteiger partial charge in [-0.05, 0) is 31.6 Å². The van der Waals surface area contributed by atoms with Crippen molar-refractivity contribution in [3.8, 4) is 0 Å². The summed E-state index contributed by atoms with van der Waals surface area (Å²) in [7, 11) is 0. The first-order valence-electron chi connectivity index (χ1n) is 5.78. The molecule has 14 heavy (non-hydrogen) atoms. The largest absolute Gasteiger partial charge is 0.339 e. The molecule has 0 aromatic heterocycles. The Bertz CT molecular complexity index is 262. The van der Waals surface area contributed by atoms with E-state index in [0.29, 0.717) is 17.9 Å². The molecule has 1 N–H and O–H groups in total. The molecule has 2 heterocycles. The van der Waals surface area contributed by atoms with Gasteiger partial charge in [-0.25, -0.2) is 0 Å². The highest BCUT2D eigenvalue weighted by Gasteiger charge is 2.46. The summed E-state index contributed by atoms with van der Waals surface area (Å²) in [5, 5.41) is 3.42. The van der Waals surface area contributed by atoms with Gasteiger partial charge < -0.3 is 10.2 Å². The van der Waals surface area contributed by atoms with Crippen LogP contribution in [0, 0.1) is 17.8 Å². The molecule has 3 nitrogen and oxygen atoms in total. The lowest BCUT2D eigenvalue weighted by Gasteiger charge is -2.24. The fraction of sp³-hybridized carbons (Fsp3) is 0.909. The molecule has 1 amide bonds. The number of rotatable bonds is 1. The van der Waals surface area contributed by atoms with E-state index in [4.69, 9.17) is 0 Å². The third-order valence-electron chi connectivity index (χ3n) is 4.14. The Morgan fingerprint density at radius 2 is 2.14 bits per heavy atom. The molecular formula is C11H18N2O. The second-order valence-electron chi connectivity index (χ2n) is 5.09. The Morgan fingerprint density at radius 3 is 2.79 bits per heavy atom. The molecule has 0 radical (unpaired) electrons. The lowest BCUT2D eigenvalue weighted by molar-refractivity contribution is -0.133. The highest BCUT2D eigenvalue weighted by Crippen LogP contribution is 2.38. The zero-order valence-corrected chi connectivity index (χ0v) is 8.70. The summed E-state index contributed by atoms with van der Waals surface area (Å²) in [5.41, 5.74) is 0. The molecule has 3 rings (SSSR count). The SMILES string of the molecule is CC1C2CNCC2CN1C(=O)C1CC1. The Labute approximate surface area is 84.8 Å². The molecule has 0 bridgehead atoms. The summed E-state index contributed by atoms with van der Waals surface area (Å²) >= 11 is 0. The van der Waals surface area contributed by atoms with E-state index in [9.17, 15) is 4.79 Å². The smallest absolute Gasteiger partial charge is 0.225 e. The first-order chi connectivity index (χ1) is 6.77. The maximum atomic E-state index is 12.0. The van der Waals surface area contributed by atoms with E-state index in [1.54, 1.807) is 0 Å². The van der Waals surface area contributed by atoms with Crippen LogP contribution in [0.3, 0.4) is 0 Å². The average Bonchev–Trinajstić information content (AvgIpc) is 2.84. The normalized spacial score (nSPS) is 41.5. The van der Waals surface area contributed by atoms with Crippen molar-refractivity contribution in [2.75, 3.05) is 19.6 Å². The van der Waals surface area contributed by atoms with Gasteiger partial charge in [0.15, 0.2) is 0 Å². The molecule has 2 aliphatic heterocycles. The number of carbonyl (C=O) groups is 1. The lowest BCUT2D eigenvalue weighted by atomic mass is 9.95. The Hall–Kier alpha value is -0.570. The Morgan fingerprint density at radius 1 is 1.36 bits per heavy atom. The number of likely N-dealkylation sites (tertiary alicyclic amines) is 1. The highest BCUT2D eigenvalue weighted by atomic mass is 16.2. The van der Waals surface area contributed by atoms with Crippen LogP contribution in [0.25, 0.3) is 0 Å². The molecule has 3 fully saturated rings. The van der Waals surface area contributed by atoms with Gasteiger partial charge in [-0.1, -0.05) is 0 Å². The van der Waals surface area contributed by atoms with E-state index in [-0.39, 0.29) is 0 Å². The third kappa shape index (κ3) is 1.18. The number of fused-ring (bicyclic) bond motifs is 1. The highest BCUT2D eigenvalue weighted by molar-refractivity contribution is 5.81. The predicted molar refractivity (Wildman–Crippen MR) is 53.7 cm³/mol. The summed E-state index contributed by atoms with van der Waals surface area (Å²) < 4.78 is 0. The van der Waals surface area contributed by atoms with Crippen LogP contribution in [-0.4, -0.2) is 36.5 Å². The zero-order chi connectivity index (χ0) is 9.71. The van der Waals surface area contributed by atoms with Crippen LogP contribution in [0.4, 0.5) is 0 Å². The van der Waals surface area contributed by atoms with Crippen LogP contribution in [0.15, 0.2) is 0 Å². The van der Waals surface area contributed by atoms with Crippen molar-refractivity contribution < 1.29 is 4.79 Å². The number of carbonyl (C=O) groups excluding carboxylic acids is 1. The van der Waals surface area contributed by atoms with Gasteiger partial charge >= 0.3 is 0 Å². The van der Waals surface area contributed by atoms with Crippen molar-refractivity contribution in [2.45, 2.75) is 25.8 Å². The van der Waals surface area contributed by atoms with Crippen LogP contribution in [0.5, 0.6) is 0 Å². The van der Waals surface area contributed by atoms with Gasteiger partial charge in [0, 0.05) is 31.6 Å². The summed E-state index contributed by atoms with van der Waals surface area (Å²) in [6, 6.07) is 0.475. The maximum absolute atomic E-state index is 12.0. The monoisotopic (exact) mass is 194 g/mol. The van der Waals surface area contributed by atoms with Gasteiger partial charge in [-0.2, -0.15) is 0 Å². The minimum atomic E-state index is 0.393. The fourth-order valence-electron chi connectivity index (χ4n) is 3.02. The van der Waals surface area contributed by atoms with Crippen molar-refractivity contribution >= 4 is 5.91 Å². The summed E-state index contributed by atoms with van der Waals surface area (Å²) in [5.74, 6) is 2.28. The van der Waals surface area contributed by atoms with E-state index < -0.39 is 0 Å². The van der Waals surface area contributed by atoms with Crippen molar-refractivity contribution in [3.63, 3.8) is 0 Å². The maximum Gasteiger partial charge on any atom is 0.225 e. The second kappa shape index (κ2) is 2.96. The Balaban J connectivity index is 1.73. The van der Waals surface area contributed by atoms with Gasteiger partial charge in [0.25, 0.3) is 0 Å². The molecule has 3 atom stereocenters. The van der Waals surface area contributed by atoms with Crippen LogP contribution >= 0.6 is 0 Å². The minimum absolute atomic E-state index is 0.393. The summed E-state index contributed by atoms with van der Waals surface area (Å²) in [6.07, 6.45) is 2.27. The van der Waals surface area contributed by atoms with Gasteiger partial charge in [0.05, 0.1) is 0 Å². The molecular weight excluding hydrogens is 176 g/mol. The third-order valence-corrected chi connectivity index (χ3v) is 4.14. The molecule has 0 aromatic carbocycles. The molecule has 3 heteroatoms. The molecule has 78 valence electrons. The Kier molecular flexibility index (Phi) is 1.84. The van der Waals surface area contributed by atoms with Crippen LogP contribution in [0.2, 0.25) is 0 Å². The first kappa shape index (κ1) is 8.72. The number of hydrogen-bond donors (Lipinski definition) is 1. The molecule has 1 aliphatic carbocycles. The van der Waals surface area contributed by atoms with Gasteiger partial charge in [-0.15, -0.1) is 0 Å². The van der Waals surface area contributed by atoms with E-state index in [1.807, 2.05) is 0 Å². The lowest BCUT2D eigenvalue weighted by Crippen LogP contribution is -2.38. The van der Waals surface area contributed by atoms with Crippen LogP contribution in [0.1, 0.15) is 19.8 Å². The number of nitrogens with one attached hydrogen (secondary N) is 1. The average molecular weight is 194 g/mol. The minimum Gasteiger partial charge on any atom is -0.339 e. The molecule has 1 saturated carbocycles. The van der Waals surface area contributed by atoms with E-state index in [1.165, 1.54) is 0 Å². The van der Waals surface area contributed by atoms with Gasteiger partial charge in [0.1, 0.15) is 0 Å². The summed E-state index contributed by atoms with van der Waals surface area (Å²) in [6.45, 7) is 5.45. The number of amides is 1. The quantitative estimate of drug-likeness (QED) is 0.658. The van der Waals surface area contributed by atoms with Gasteiger partial charge in [0.2, 0.25) is 5.91 Å². The van der Waals surface area contributed by atoms with E-state index in [0.717, 1.165) is 44.3 Å². The number of nitrogens with zero attached hydrogens (tertiary/aromatic N) is 1. The van der Waals surface area contributed by atoms with Crippen molar-refractivity contribution in [2.24, 2.45) is 17.8 Å². The molecule has 0 spiro atoms. The van der Waals surface area contributed by atoms with Gasteiger partial charge in [-0.3, -0.25) is 4.79 Å². The van der Waals surface area contributed by atoms with Crippen LogP contribution < -0.4 is 5.32 Å². The first-order valence-corrected chi connectivity index (χ1v) is 5.78. The fourth-order valence-corrected chi connectivity index (χ4v) is 3.02. The molecule has 2 saturated heterocycles. The predicted octanol–water partition coefficient (Wildman–Crippen LogP) is 0.463. The van der Waals surface area contributed by atoms with E-state index >= 15 is 0 Å². The van der Waals surface area contributed by atoms with Crippen LogP contribution in [-0.2, 0) is 4.79 Å². The molecule has 0 aromatic rings. The second-order valence-corrected chi connectivity index (χ2v) is 5.09. The zero-order valence-electron chi connectivity index (χ0n) is 8.70. The topological polar surface area (TPSA) is 32.3 Å². The molecule has 3 unspecified atom stereocenters. The standard InChI is InChI=1S/C11H18N2O/c1-7-10-5-12-4-9(10)6-13(7)11(14)8-2-3-8/h7-10,12H,2-6H2,1H3. The number of hydrogen-bond acceptors (Lipinski definition) is 2. The van der Waals surface area contributed by atoms with Crippen molar-refractivity contribution in [1.82, 2.24) is 10.2 Å². The summed E-state index contributed by atoms with van der Waals surface area (Å²) in [4.78, 5) is 14.1. The molecule has 3 aliphatic rings. The van der Waals surface area contributed by atoms with Crippen molar-refractivity contribution in [3.05, 3.63) is 0 Å².